The van der Waals surface area contributed by atoms with Crippen LogP contribution in [0.15, 0.2) is 60.8 Å². The van der Waals surface area contributed by atoms with Crippen LogP contribution >= 0.6 is 0 Å². The van der Waals surface area contributed by atoms with E-state index in [2.05, 4.69) is 29.5 Å². The van der Waals surface area contributed by atoms with Crippen molar-refractivity contribution < 1.29 is 9.53 Å². The maximum absolute atomic E-state index is 12.3. The Morgan fingerprint density at radius 2 is 1.73 bits per heavy atom. The standard InChI is InChI=1S/C21H23N3O2/c1-14(2)16-9-11-18(12-10-16)26-15(3)23-21(25)24-19-8-4-6-17-7-5-13-22-20(17)19/h4-15H,1-3H3,(H2,23,24,25). The molecule has 134 valence electrons. The van der Waals surface area contributed by atoms with Crippen LogP contribution in [-0.4, -0.2) is 17.2 Å². The van der Waals surface area contributed by atoms with Crippen molar-refractivity contribution in [3.8, 4) is 5.75 Å². The topological polar surface area (TPSA) is 63.2 Å². The summed E-state index contributed by atoms with van der Waals surface area (Å²) < 4.78 is 5.76. The lowest BCUT2D eigenvalue weighted by Crippen LogP contribution is -2.39. The Balaban J connectivity index is 1.60. The summed E-state index contributed by atoms with van der Waals surface area (Å²) >= 11 is 0. The number of nitrogens with one attached hydrogen (secondary N) is 2. The molecule has 1 atom stereocenters. The molecule has 3 aromatic rings. The summed E-state index contributed by atoms with van der Waals surface area (Å²) in [6.07, 6.45) is 1.24. The van der Waals surface area contributed by atoms with Gasteiger partial charge in [0, 0.05) is 11.6 Å². The number of carbonyl (C=O) groups is 1. The molecule has 3 rings (SSSR count). The molecule has 0 bridgehead atoms. The van der Waals surface area contributed by atoms with Crippen molar-refractivity contribution in [2.75, 3.05) is 5.32 Å². The van der Waals surface area contributed by atoms with Crippen molar-refractivity contribution in [2.45, 2.75) is 32.9 Å². The van der Waals surface area contributed by atoms with Crippen LogP contribution in [0.3, 0.4) is 0 Å². The lowest BCUT2D eigenvalue weighted by molar-refractivity contribution is 0.183. The van der Waals surface area contributed by atoms with Gasteiger partial charge in [-0.15, -0.1) is 0 Å². The molecule has 0 saturated heterocycles. The molecule has 5 heteroatoms. The van der Waals surface area contributed by atoms with E-state index in [1.807, 2.05) is 54.6 Å². The number of fused-ring (bicyclic) bond motifs is 1. The van der Waals surface area contributed by atoms with Gasteiger partial charge < -0.3 is 15.4 Å². The summed E-state index contributed by atoms with van der Waals surface area (Å²) in [5.74, 6) is 1.19. The van der Waals surface area contributed by atoms with Crippen LogP contribution in [-0.2, 0) is 0 Å². The van der Waals surface area contributed by atoms with Crippen LogP contribution in [0.4, 0.5) is 10.5 Å². The molecule has 0 aliphatic heterocycles. The number of anilines is 1. The number of nitrogens with zero attached hydrogens (tertiary/aromatic N) is 1. The van der Waals surface area contributed by atoms with E-state index in [9.17, 15) is 4.79 Å². The molecule has 1 heterocycles. The van der Waals surface area contributed by atoms with Crippen molar-refractivity contribution >= 4 is 22.6 Å². The van der Waals surface area contributed by atoms with E-state index >= 15 is 0 Å². The number of hydrogen-bond acceptors (Lipinski definition) is 3. The molecule has 0 spiro atoms. The van der Waals surface area contributed by atoms with Crippen molar-refractivity contribution in [3.05, 3.63) is 66.4 Å². The Labute approximate surface area is 153 Å². The normalized spacial score (nSPS) is 12.0. The first-order chi connectivity index (χ1) is 12.5. The van der Waals surface area contributed by atoms with E-state index in [1.165, 1.54) is 5.56 Å². The molecule has 2 aromatic carbocycles. The van der Waals surface area contributed by atoms with Crippen molar-refractivity contribution in [2.24, 2.45) is 0 Å². The van der Waals surface area contributed by atoms with Gasteiger partial charge in [0.1, 0.15) is 5.75 Å². The first-order valence-corrected chi connectivity index (χ1v) is 8.71. The second kappa shape index (κ2) is 7.87. The van der Waals surface area contributed by atoms with Gasteiger partial charge in [0.25, 0.3) is 0 Å². The highest BCUT2D eigenvalue weighted by molar-refractivity contribution is 5.99. The minimum absolute atomic E-state index is 0.338. The number of urea groups is 1. The zero-order valence-electron chi connectivity index (χ0n) is 15.2. The Kier molecular flexibility index (Phi) is 5.37. The number of ether oxygens (including phenoxy) is 1. The van der Waals surface area contributed by atoms with Gasteiger partial charge in [0.2, 0.25) is 0 Å². The highest BCUT2D eigenvalue weighted by atomic mass is 16.5. The van der Waals surface area contributed by atoms with Crippen LogP contribution in [0.1, 0.15) is 32.3 Å². The number of pyridine rings is 1. The first-order valence-electron chi connectivity index (χ1n) is 8.71. The largest absolute Gasteiger partial charge is 0.471 e. The van der Waals surface area contributed by atoms with E-state index in [-0.39, 0.29) is 6.03 Å². The second-order valence-electron chi connectivity index (χ2n) is 6.46. The predicted octanol–water partition coefficient (Wildman–Crippen LogP) is 4.90. The number of hydrogen-bond donors (Lipinski definition) is 2. The van der Waals surface area contributed by atoms with Gasteiger partial charge in [-0.3, -0.25) is 4.98 Å². The fourth-order valence-corrected chi connectivity index (χ4v) is 2.71. The SMILES string of the molecule is CC(NC(=O)Nc1cccc2cccnc12)Oc1ccc(C(C)C)cc1. The Morgan fingerprint density at radius 3 is 2.46 bits per heavy atom. The summed E-state index contributed by atoms with van der Waals surface area (Å²) in [4.78, 5) is 16.6. The van der Waals surface area contributed by atoms with Crippen LogP contribution < -0.4 is 15.4 Å². The molecule has 5 nitrogen and oxygen atoms in total. The number of carbonyl (C=O) groups excluding carboxylic acids is 1. The van der Waals surface area contributed by atoms with E-state index in [0.29, 0.717) is 17.4 Å². The molecular formula is C21H23N3O2. The van der Waals surface area contributed by atoms with Crippen LogP contribution in [0, 0.1) is 0 Å². The summed E-state index contributed by atoms with van der Waals surface area (Å²) in [5.41, 5.74) is 2.66. The molecule has 0 radical (unpaired) electrons. The molecule has 0 aliphatic rings. The fraction of sp³-hybridized carbons (Fsp3) is 0.238. The molecule has 0 saturated carbocycles. The van der Waals surface area contributed by atoms with E-state index in [1.54, 1.807) is 13.1 Å². The van der Waals surface area contributed by atoms with E-state index in [0.717, 1.165) is 10.9 Å². The molecular weight excluding hydrogens is 326 g/mol. The first kappa shape index (κ1) is 17.7. The monoisotopic (exact) mass is 349 g/mol. The van der Waals surface area contributed by atoms with Crippen LogP contribution in [0.5, 0.6) is 5.75 Å². The Morgan fingerprint density at radius 1 is 1.00 bits per heavy atom. The Bertz CT molecular complexity index is 886. The maximum atomic E-state index is 12.3. The third kappa shape index (κ3) is 4.30. The summed E-state index contributed by atoms with van der Waals surface area (Å²) in [6.45, 7) is 6.08. The number of benzene rings is 2. The van der Waals surface area contributed by atoms with Gasteiger partial charge in [0.05, 0.1) is 11.2 Å². The van der Waals surface area contributed by atoms with Crippen molar-refractivity contribution in [3.63, 3.8) is 0 Å². The lowest BCUT2D eigenvalue weighted by atomic mass is 10.0. The maximum Gasteiger partial charge on any atom is 0.322 e. The molecule has 2 amide bonds. The van der Waals surface area contributed by atoms with Crippen LogP contribution in [0.2, 0.25) is 0 Å². The second-order valence-corrected chi connectivity index (χ2v) is 6.46. The number of aromatic nitrogens is 1. The lowest BCUT2D eigenvalue weighted by Gasteiger charge is -2.17. The average molecular weight is 349 g/mol. The van der Waals surface area contributed by atoms with Gasteiger partial charge in [-0.1, -0.05) is 44.2 Å². The van der Waals surface area contributed by atoms with Gasteiger partial charge in [-0.2, -0.15) is 0 Å². The number of amides is 2. The molecule has 1 aromatic heterocycles. The van der Waals surface area contributed by atoms with E-state index < -0.39 is 6.23 Å². The van der Waals surface area contributed by atoms with Gasteiger partial charge in [-0.25, -0.2) is 4.79 Å². The van der Waals surface area contributed by atoms with Gasteiger partial charge in [0.15, 0.2) is 6.23 Å². The third-order valence-electron chi connectivity index (χ3n) is 4.07. The average Bonchev–Trinajstić information content (AvgIpc) is 2.62. The zero-order chi connectivity index (χ0) is 18.5. The van der Waals surface area contributed by atoms with Gasteiger partial charge in [-0.05, 0) is 42.7 Å². The highest BCUT2D eigenvalue weighted by Gasteiger charge is 2.11. The molecule has 1 unspecified atom stereocenters. The van der Waals surface area contributed by atoms with E-state index in [4.69, 9.17) is 4.74 Å². The van der Waals surface area contributed by atoms with Crippen LogP contribution in [0.25, 0.3) is 10.9 Å². The fourth-order valence-electron chi connectivity index (χ4n) is 2.71. The molecule has 2 N–H and O–H groups in total. The van der Waals surface area contributed by atoms with Crippen molar-refractivity contribution in [1.29, 1.82) is 0 Å². The molecule has 26 heavy (non-hydrogen) atoms. The highest BCUT2D eigenvalue weighted by Crippen LogP contribution is 2.21. The number of rotatable bonds is 5. The van der Waals surface area contributed by atoms with Gasteiger partial charge >= 0.3 is 6.03 Å². The quantitative estimate of drug-likeness (QED) is 0.644. The number of para-hydroxylation sites is 1. The predicted molar refractivity (Wildman–Crippen MR) is 105 cm³/mol. The molecule has 0 aliphatic carbocycles. The third-order valence-corrected chi connectivity index (χ3v) is 4.07. The smallest absolute Gasteiger partial charge is 0.322 e. The Hall–Kier alpha value is -3.08. The zero-order valence-corrected chi connectivity index (χ0v) is 15.2. The minimum atomic E-state index is -0.470. The summed E-state index contributed by atoms with van der Waals surface area (Å²) in [7, 11) is 0. The van der Waals surface area contributed by atoms with Crippen molar-refractivity contribution in [1.82, 2.24) is 10.3 Å². The minimum Gasteiger partial charge on any atom is -0.471 e. The molecule has 0 fully saturated rings. The summed E-state index contributed by atoms with van der Waals surface area (Å²) in [6, 6.07) is 17.1. The summed E-state index contributed by atoms with van der Waals surface area (Å²) in [5, 5.41) is 6.58.